The van der Waals surface area contributed by atoms with E-state index in [1.165, 1.54) is 17.6 Å². The highest BCUT2D eigenvalue weighted by molar-refractivity contribution is 5.99. The van der Waals surface area contributed by atoms with Crippen LogP contribution in [0.25, 0.3) is 6.08 Å². The minimum absolute atomic E-state index is 0.0187. The molecule has 0 aromatic heterocycles. The Morgan fingerprint density at radius 3 is 2.33 bits per heavy atom. The number of aliphatic imine (C=N–C) groups is 1. The second kappa shape index (κ2) is 10.6. The third-order valence-corrected chi connectivity index (χ3v) is 3.49. The van der Waals surface area contributed by atoms with Crippen molar-refractivity contribution in [3.8, 4) is 5.75 Å². The van der Waals surface area contributed by atoms with Gasteiger partial charge in [-0.05, 0) is 41.5 Å². The number of rotatable bonds is 9. The molecule has 7 heteroatoms. The first-order chi connectivity index (χ1) is 13.1. The number of amides is 1. The van der Waals surface area contributed by atoms with Crippen LogP contribution < -0.4 is 10.2 Å². The molecule has 0 radical (unpaired) electrons. The van der Waals surface area contributed by atoms with Crippen LogP contribution in [0, 0.1) is 0 Å². The Morgan fingerprint density at radius 2 is 1.70 bits per heavy atom. The Kier molecular flexibility index (Phi) is 7.90. The van der Waals surface area contributed by atoms with Crippen LogP contribution in [0.2, 0.25) is 0 Å². The minimum atomic E-state index is -0.627. The zero-order valence-electron chi connectivity index (χ0n) is 14.5. The van der Waals surface area contributed by atoms with Gasteiger partial charge in [0.05, 0.1) is 6.61 Å². The number of ketones is 1. The summed E-state index contributed by atoms with van der Waals surface area (Å²) in [4.78, 5) is 27.2. The van der Waals surface area contributed by atoms with Crippen LogP contribution in [0.1, 0.15) is 21.5 Å². The number of nitrogens with zero attached hydrogens (tertiary/aromatic N) is 1. The van der Waals surface area contributed by atoms with Gasteiger partial charge >= 0.3 is 0 Å². The van der Waals surface area contributed by atoms with Gasteiger partial charge in [0.1, 0.15) is 18.9 Å². The van der Waals surface area contributed by atoms with E-state index in [9.17, 15) is 9.59 Å². The largest absolute Gasteiger partial charge is 0.491 e. The van der Waals surface area contributed by atoms with Gasteiger partial charge in [0.2, 0.25) is 0 Å². The molecule has 140 valence electrons. The normalized spacial score (nSPS) is 11.0. The van der Waals surface area contributed by atoms with E-state index in [0.29, 0.717) is 11.3 Å². The maximum atomic E-state index is 12.2. The van der Waals surface area contributed by atoms with Gasteiger partial charge in [-0.25, -0.2) is 5.48 Å². The molecule has 27 heavy (non-hydrogen) atoms. The summed E-state index contributed by atoms with van der Waals surface area (Å²) < 4.78 is 5.27. The minimum Gasteiger partial charge on any atom is -0.491 e. The highest BCUT2D eigenvalue weighted by Crippen LogP contribution is 2.11. The van der Waals surface area contributed by atoms with E-state index < -0.39 is 5.91 Å². The molecule has 7 nitrogen and oxygen atoms in total. The van der Waals surface area contributed by atoms with Gasteiger partial charge in [-0.1, -0.05) is 24.3 Å². The lowest BCUT2D eigenvalue weighted by Gasteiger charge is -2.03. The molecule has 0 aliphatic heterocycles. The van der Waals surface area contributed by atoms with Crippen LogP contribution in [0.5, 0.6) is 5.75 Å². The summed E-state index contributed by atoms with van der Waals surface area (Å²) in [5.74, 6) is -0.0989. The number of aliphatic hydroxyl groups excluding tert-OH is 1. The number of carbonyl (C=O) groups excluding carboxylic acids is 2. The maximum absolute atomic E-state index is 12.2. The van der Waals surface area contributed by atoms with E-state index >= 15 is 0 Å². The first-order valence-electron chi connectivity index (χ1n) is 8.21. The number of hydrogen-bond donors (Lipinski definition) is 3. The van der Waals surface area contributed by atoms with Crippen molar-refractivity contribution < 1.29 is 24.6 Å². The molecule has 2 aromatic rings. The van der Waals surface area contributed by atoms with E-state index in [4.69, 9.17) is 15.1 Å². The van der Waals surface area contributed by atoms with Gasteiger partial charge in [-0.15, -0.1) is 0 Å². The maximum Gasteiger partial charge on any atom is 0.267 e. The average Bonchev–Trinajstić information content (AvgIpc) is 2.71. The smallest absolute Gasteiger partial charge is 0.267 e. The molecule has 3 N–H and O–H groups in total. The van der Waals surface area contributed by atoms with E-state index in [1.807, 2.05) is 12.1 Å². The lowest BCUT2D eigenvalue weighted by Crippen LogP contribution is -2.14. The zero-order chi connectivity index (χ0) is 19.5. The van der Waals surface area contributed by atoms with Crippen molar-refractivity contribution in [2.45, 2.75) is 0 Å². The molecule has 0 spiro atoms. The molecule has 2 rings (SSSR count). The van der Waals surface area contributed by atoms with Crippen molar-refractivity contribution >= 4 is 24.0 Å². The lowest BCUT2D eigenvalue weighted by atomic mass is 10.1. The number of Topliss-reactive ketones (excluding diaryl/α,β-unsaturated/α-hetero) is 1. The summed E-state index contributed by atoms with van der Waals surface area (Å²) >= 11 is 0. The van der Waals surface area contributed by atoms with Crippen LogP contribution in [0.15, 0.2) is 59.6 Å². The van der Waals surface area contributed by atoms with E-state index in [1.54, 1.807) is 42.6 Å². The summed E-state index contributed by atoms with van der Waals surface area (Å²) in [6.45, 7) is 0.219. The predicted octanol–water partition coefficient (Wildman–Crippen LogP) is 1.88. The van der Waals surface area contributed by atoms with E-state index in [-0.39, 0.29) is 25.5 Å². The number of hydrogen-bond acceptors (Lipinski definition) is 6. The fourth-order valence-corrected chi connectivity index (χ4v) is 2.13. The fraction of sp³-hybridized carbons (Fsp3) is 0.150. The van der Waals surface area contributed by atoms with Gasteiger partial charge in [-0.2, -0.15) is 0 Å². The van der Waals surface area contributed by atoms with Crippen LogP contribution in [-0.2, 0) is 4.79 Å². The second-order valence-electron chi connectivity index (χ2n) is 5.47. The van der Waals surface area contributed by atoms with Crippen molar-refractivity contribution in [3.05, 3.63) is 71.3 Å². The predicted molar refractivity (Wildman–Crippen MR) is 101 cm³/mol. The first-order valence-corrected chi connectivity index (χ1v) is 8.21. The first kappa shape index (κ1) is 20.0. The standard InChI is InChI=1S/C20H20N2O5/c23-11-12-27-18-8-3-16(4-9-18)13-21-14-19(24)17-6-1-15(2-7-17)5-10-20(25)22-26/h1-10,13,23,26H,11-12,14H2,(H,22,25)/b10-5+,21-13?. The topological polar surface area (TPSA) is 108 Å². The van der Waals surface area contributed by atoms with Crippen molar-refractivity contribution in [1.82, 2.24) is 5.48 Å². The summed E-state index contributed by atoms with van der Waals surface area (Å²) in [7, 11) is 0. The van der Waals surface area contributed by atoms with Gasteiger partial charge in [0, 0.05) is 17.9 Å². The molecule has 0 aliphatic rings. The SMILES string of the molecule is O=C(/C=C/c1ccc(C(=O)CN=Cc2ccc(OCCO)cc2)cc1)NO. The van der Waals surface area contributed by atoms with Gasteiger partial charge in [0.25, 0.3) is 5.91 Å². The molecule has 0 aliphatic carbocycles. The summed E-state index contributed by atoms with van der Waals surface area (Å²) in [5, 5.41) is 17.1. The molecule has 0 unspecified atom stereocenters. The lowest BCUT2D eigenvalue weighted by molar-refractivity contribution is -0.124. The molecule has 1 amide bonds. The van der Waals surface area contributed by atoms with Gasteiger partial charge < -0.3 is 9.84 Å². The molecule has 0 saturated heterocycles. The Bertz CT molecular complexity index is 811. The molecule has 0 bridgehead atoms. The third-order valence-electron chi connectivity index (χ3n) is 3.49. The number of hydroxylamine groups is 1. The van der Waals surface area contributed by atoms with Crippen LogP contribution >= 0.6 is 0 Å². The highest BCUT2D eigenvalue weighted by Gasteiger charge is 2.04. The van der Waals surface area contributed by atoms with Gasteiger partial charge in [-0.3, -0.25) is 19.8 Å². The second-order valence-corrected chi connectivity index (χ2v) is 5.47. The molecule has 0 saturated carbocycles. The summed E-state index contributed by atoms with van der Waals surface area (Å²) in [6.07, 6.45) is 4.31. The quantitative estimate of drug-likeness (QED) is 0.206. The zero-order valence-corrected chi connectivity index (χ0v) is 14.5. The fourth-order valence-electron chi connectivity index (χ4n) is 2.13. The summed E-state index contributed by atoms with van der Waals surface area (Å²) in [5.41, 5.74) is 3.58. The molecular weight excluding hydrogens is 348 g/mol. The molecule has 0 atom stereocenters. The van der Waals surface area contributed by atoms with Crippen LogP contribution in [0.3, 0.4) is 0 Å². The Hall–Kier alpha value is -3.29. The molecule has 0 fully saturated rings. The number of benzene rings is 2. The number of ether oxygens (including phenoxy) is 1. The van der Waals surface area contributed by atoms with E-state index in [0.717, 1.165) is 11.1 Å². The molecular formula is C20H20N2O5. The Balaban J connectivity index is 1.88. The van der Waals surface area contributed by atoms with Crippen molar-refractivity contribution in [2.75, 3.05) is 19.8 Å². The third kappa shape index (κ3) is 6.85. The number of carbonyl (C=O) groups is 2. The van der Waals surface area contributed by atoms with Crippen molar-refractivity contribution in [1.29, 1.82) is 0 Å². The highest BCUT2D eigenvalue weighted by atomic mass is 16.5. The number of aliphatic hydroxyl groups is 1. The van der Waals surface area contributed by atoms with Gasteiger partial charge in [0.15, 0.2) is 5.78 Å². The average molecular weight is 368 g/mol. The van der Waals surface area contributed by atoms with Crippen LogP contribution in [-0.4, -0.2) is 48.0 Å². The van der Waals surface area contributed by atoms with Crippen molar-refractivity contribution in [2.24, 2.45) is 4.99 Å². The van der Waals surface area contributed by atoms with Crippen molar-refractivity contribution in [3.63, 3.8) is 0 Å². The monoisotopic (exact) mass is 368 g/mol. The van der Waals surface area contributed by atoms with Crippen LogP contribution in [0.4, 0.5) is 0 Å². The summed E-state index contributed by atoms with van der Waals surface area (Å²) in [6, 6.07) is 13.9. The molecule has 0 heterocycles. The number of nitrogens with one attached hydrogen (secondary N) is 1. The molecule has 2 aromatic carbocycles. The van der Waals surface area contributed by atoms with E-state index in [2.05, 4.69) is 4.99 Å². The Labute approximate surface area is 156 Å². The Morgan fingerprint density at radius 1 is 1.04 bits per heavy atom.